The lowest BCUT2D eigenvalue weighted by Gasteiger charge is -2.03. The summed E-state index contributed by atoms with van der Waals surface area (Å²) in [4.78, 5) is 22.3. The van der Waals surface area contributed by atoms with Crippen molar-refractivity contribution in [2.75, 3.05) is 0 Å². The zero-order chi connectivity index (χ0) is 11.0. The van der Waals surface area contributed by atoms with Crippen LogP contribution in [0, 0.1) is 0 Å². The molecule has 1 unspecified atom stereocenters. The van der Waals surface area contributed by atoms with Crippen molar-refractivity contribution in [3.63, 3.8) is 0 Å². The topological polar surface area (TPSA) is 73.3 Å². The molecule has 0 aliphatic heterocycles. The second-order valence-corrected chi connectivity index (χ2v) is 4.19. The van der Waals surface area contributed by atoms with Crippen LogP contribution in [-0.4, -0.2) is 11.8 Å². The number of carbonyl (C=O) groups excluding carboxylic acids is 1. The van der Waals surface area contributed by atoms with Crippen molar-refractivity contribution in [3.05, 3.63) is 33.5 Å². The second-order valence-electron chi connectivity index (χ2n) is 3.24. The Hall–Kier alpha value is -1.46. The van der Waals surface area contributed by atoms with Crippen LogP contribution in [0.5, 0.6) is 0 Å². The van der Waals surface area contributed by atoms with Gasteiger partial charge in [-0.3, -0.25) is 4.79 Å². The molecule has 2 rings (SSSR count). The molecule has 1 aromatic heterocycles. The van der Waals surface area contributed by atoms with E-state index in [-0.39, 0.29) is 5.78 Å². The maximum absolute atomic E-state index is 11.7. The molecule has 0 aliphatic carbocycles. The molecule has 1 aromatic carbocycles. The number of ketones is 1. The third-order valence-electron chi connectivity index (χ3n) is 2.04. The number of carbonyl (C=O) groups is 1. The number of rotatable bonds is 2. The average Bonchev–Trinajstić information content (AvgIpc) is 2.56. The van der Waals surface area contributed by atoms with Crippen molar-refractivity contribution in [1.82, 2.24) is 0 Å². The molecule has 0 saturated carbocycles. The highest BCUT2D eigenvalue weighted by molar-refractivity contribution is 7.16. The van der Waals surface area contributed by atoms with Gasteiger partial charge in [0.25, 0.3) is 0 Å². The Kier molecular flexibility index (Phi) is 2.42. The number of hydrogen-bond donors (Lipinski definition) is 1. The molecule has 15 heavy (non-hydrogen) atoms. The van der Waals surface area contributed by atoms with E-state index < -0.39 is 11.0 Å². The Balaban J connectivity index is 2.70. The normalized spacial score (nSPS) is 12.9. The molecule has 1 atom stereocenters. The van der Waals surface area contributed by atoms with Gasteiger partial charge >= 0.3 is 4.94 Å². The van der Waals surface area contributed by atoms with Crippen molar-refractivity contribution in [1.29, 1.82) is 0 Å². The van der Waals surface area contributed by atoms with Crippen molar-refractivity contribution in [2.45, 2.75) is 13.0 Å². The van der Waals surface area contributed by atoms with Gasteiger partial charge in [0.05, 0.1) is 10.7 Å². The monoisotopic (exact) mass is 223 g/mol. The van der Waals surface area contributed by atoms with Crippen LogP contribution in [-0.2, 0) is 0 Å². The largest absolute Gasteiger partial charge is 0.414 e. The molecular formula is C10H9NO3S. The van der Waals surface area contributed by atoms with Gasteiger partial charge in [-0.25, -0.2) is 4.79 Å². The highest BCUT2D eigenvalue weighted by Crippen LogP contribution is 2.22. The maximum atomic E-state index is 11.7. The summed E-state index contributed by atoms with van der Waals surface area (Å²) in [6.07, 6.45) is 0. The summed E-state index contributed by atoms with van der Waals surface area (Å²) in [5, 5.41) is 0. The van der Waals surface area contributed by atoms with Crippen LogP contribution in [0.2, 0.25) is 0 Å². The zero-order valence-electron chi connectivity index (χ0n) is 8.02. The van der Waals surface area contributed by atoms with Gasteiger partial charge in [-0.2, -0.15) is 0 Å². The van der Waals surface area contributed by atoms with E-state index in [9.17, 15) is 9.59 Å². The van der Waals surface area contributed by atoms with Gasteiger partial charge in [-0.05, 0) is 19.1 Å². The first-order valence-corrected chi connectivity index (χ1v) is 5.23. The summed E-state index contributed by atoms with van der Waals surface area (Å²) < 4.78 is 5.48. The van der Waals surface area contributed by atoms with Gasteiger partial charge in [-0.15, -0.1) is 0 Å². The van der Waals surface area contributed by atoms with Crippen molar-refractivity contribution in [3.8, 4) is 0 Å². The molecule has 0 aliphatic rings. The number of hydrogen-bond acceptors (Lipinski definition) is 5. The number of nitrogens with two attached hydrogens (primary N) is 1. The molecule has 78 valence electrons. The molecule has 0 spiro atoms. The van der Waals surface area contributed by atoms with Crippen molar-refractivity contribution >= 4 is 27.4 Å². The summed E-state index contributed by atoms with van der Waals surface area (Å²) in [6, 6.07) is 4.41. The molecule has 0 fully saturated rings. The zero-order valence-corrected chi connectivity index (χ0v) is 8.84. The standard InChI is InChI=1S/C10H9NO3S/c1-5(11)8(12)6-3-2-4-7-9(6)15-10(13)14-7/h2-5H,11H2,1H3. The first kappa shape index (κ1) is 10.1. The van der Waals surface area contributed by atoms with Gasteiger partial charge in [0.2, 0.25) is 0 Å². The van der Waals surface area contributed by atoms with Crippen LogP contribution in [0.1, 0.15) is 17.3 Å². The molecule has 0 saturated heterocycles. The van der Waals surface area contributed by atoms with E-state index in [1.807, 2.05) is 0 Å². The lowest BCUT2D eigenvalue weighted by Crippen LogP contribution is -2.26. The van der Waals surface area contributed by atoms with Crippen LogP contribution in [0.15, 0.2) is 27.4 Å². The Morgan fingerprint density at radius 1 is 1.53 bits per heavy atom. The fourth-order valence-electron chi connectivity index (χ4n) is 1.33. The first-order chi connectivity index (χ1) is 7.09. The molecule has 4 nitrogen and oxygen atoms in total. The van der Waals surface area contributed by atoms with E-state index in [1.165, 1.54) is 0 Å². The third kappa shape index (κ3) is 1.71. The number of Topliss-reactive ketones (excluding diaryl/α,β-unsaturated/α-hetero) is 1. The predicted octanol–water partition coefficient (Wildman–Crippen LogP) is 1.38. The van der Waals surface area contributed by atoms with E-state index in [0.29, 0.717) is 15.8 Å². The summed E-state index contributed by atoms with van der Waals surface area (Å²) in [7, 11) is 0. The quantitative estimate of drug-likeness (QED) is 0.781. The minimum absolute atomic E-state index is 0.183. The molecule has 2 N–H and O–H groups in total. The Morgan fingerprint density at radius 3 is 2.93 bits per heavy atom. The van der Waals surface area contributed by atoms with E-state index in [0.717, 1.165) is 11.3 Å². The summed E-state index contributed by atoms with van der Waals surface area (Å²) in [5.41, 5.74) is 6.41. The van der Waals surface area contributed by atoms with Crippen LogP contribution in [0.3, 0.4) is 0 Å². The Bertz CT molecular complexity index is 567. The van der Waals surface area contributed by atoms with Gasteiger partial charge in [0.15, 0.2) is 5.78 Å². The fourth-order valence-corrected chi connectivity index (χ4v) is 2.12. The van der Waals surface area contributed by atoms with Crippen LogP contribution in [0.25, 0.3) is 10.3 Å². The van der Waals surface area contributed by atoms with Crippen molar-refractivity contribution < 1.29 is 9.21 Å². The number of benzene rings is 1. The molecular weight excluding hydrogens is 214 g/mol. The number of fused-ring (bicyclic) bond motifs is 1. The minimum Gasteiger partial charge on any atom is -0.414 e. The van der Waals surface area contributed by atoms with E-state index in [1.54, 1.807) is 25.1 Å². The van der Waals surface area contributed by atoms with E-state index >= 15 is 0 Å². The van der Waals surface area contributed by atoms with E-state index in [4.69, 9.17) is 10.2 Å². The van der Waals surface area contributed by atoms with Crippen molar-refractivity contribution in [2.24, 2.45) is 5.73 Å². The minimum atomic E-state index is -0.576. The third-order valence-corrected chi connectivity index (χ3v) is 2.91. The summed E-state index contributed by atoms with van der Waals surface area (Å²) >= 11 is 0.926. The lowest BCUT2D eigenvalue weighted by molar-refractivity contribution is 0.0969. The molecule has 2 aromatic rings. The predicted molar refractivity (Wildman–Crippen MR) is 58.3 cm³/mol. The lowest BCUT2D eigenvalue weighted by atomic mass is 10.1. The van der Waals surface area contributed by atoms with Gasteiger partial charge in [-0.1, -0.05) is 17.4 Å². The smallest absolute Gasteiger partial charge is 0.396 e. The van der Waals surface area contributed by atoms with Crippen LogP contribution in [0.4, 0.5) is 0 Å². The highest BCUT2D eigenvalue weighted by Gasteiger charge is 2.16. The first-order valence-electron chi connectivity index (χ1n) is 4.42. The second kappa shape index (κ2) is 3.60. The SMILES string of the molecule is CC(N)C(=O)c1cccc2oc(=O)sc12. The molecule has 0 bridgehead atoms. The van der Waals surface area contributed by atoms with Gasteiger partial charge in [0, 0.05) is 5.56 Å². The summed E-state index contributed by atoms with van der Waals surface area (Å²) in [6.45, 7) is 1.62. The molecule has 1 heterocycles. The average molecular weight is 223 g/mol. The highest BCUT2D eigenvalue weighted by atomic mass is 32.1. The Morgan fingerprint density at radius 2 is 2.27 bits per heavy atom. The maximum Gasteiger partial charge on any atom is 0.396 e. The Labute approximate surface area is 89.3 Å². The molecule has 5 heteroatoms. The van der Waals surface area contributed by atoms with E-state index in [2.05, 4.69) is 0 Å². The molecule has 0 amide bonds. The van der Waals surface area contributed by atoms with Crippen LogP contribution < -0.4 is 10.7 Å². The van der Waals surface area contributed by atoms with Gasteiger partial charge in [0.1, 0.15) is 5.58 Å². The fraction of sp³-hybridized carbons (Fsp3) is 0.200. The van der Waals surface area contributed by atoms with Crippen LogP contribution >= 0.6 is 11.3 Å². The molecule has 0 radical (unpaired) electrons. The van der Waals surface area contributed by atoms with Gasteiger partial charge < -0.3 is 10.2 Å². The summed E-state index contributed by atoms with van der Waals surface area (Å²) in [5.74, 6) is -0.183.